The largest absolute Gasteiger partial charge is 0.0726 e. The predicted octanol–water partition coefficient (Wildman–Crippen LogP) is 1.88. The van der Waals surface area contributed by atoms with Crippen LogP contribution in [0.1, 0.15) is 32.8 Å². The van der Waals surface area contributed by atoms with Crippen molar-refractivity contribution in [1.29, 1.82) is 0 Å². The second-order valence-corrected chi connectivity index (χ2v) is 4.85. The first-order chi connectivity index (χ1) is 6.15. The highest BCUT2D eigenvalue weighted by Gasteiger charge is 1.99. The van der Waals surface area contributed by atoms with Crippen LogP contribution in [-0.4, -0.2) is 10.2 Å². The molecule has 1 aromatic rings. The molecule has 70 valence electrons. The molecule has 0 spiro atoms. The van der Waals surface area contributed by atoms with E-state index < -0.39 is 0 Å². The molecule has 0 N–H and O–H groups in total. The fraction of sp³-hybridized carbons (Fsp3) is 0.333. The van der Waals surface area contributed by atoms with Gasteiger partial charge in [-0.15, -0.1) is 0 Å². The number of rotatable bonds is 2. The minimum absolute atomic E-state index is 1.13. The lowest BCUT2D eigenvalue weighted by molar-refractivity contribution is 1.19. The molecular weight excluding hydrogens is 172 g/mol. The summed E-state index contributed by atoms with van der Waals surface area (Å²) < 4.78 is 0. The summed E-state index contributed by atoms with van der Waals surface area (Å²) in [5.41, 5.74) is 4.31. The Bertz CT molecular complexity index is 302. The Labute approximate surface area is 84.1 Å². The minimum Gasteiger partial charge on any atom is -0.0726 e. The van der Waals surface area contributed by atoms with Gasteiger partial charge in [-0.2, -0.15) is 0 Å². The Morgan fingerprint density at radius 1 is 1.15 bits per heavy atom. The van der Waals surface area contributed by atoms with Gasteiger partial charge >= 0.3 is 0 Å². The zero-order valence-corrected chi connectivity index (χ0v) is 11.0. The van der Waals surface area contributed by atoms with Crippen LogP contribution in [-0.2, 0) is 0 Å². The summed E-state index contributed by atoms with van der Waals surface area (Å²) in [6.07, 6.45) is 1.13. The molecule has 1 rings (SSSR count). The van der Waals surface area contributed by atoms with E-state index in [2.05, 4.69) is 45.0 Å². The molecule has 1 aromatic carbocycles. The standard InChI is InChI=1S/C12H18Si/c1-4-12(9(2)3)10-5-7-11(13)8-6-10/h5-8H,4H2,1-3,13H3. The first-order valence-electron chi connectivity index (χ1n) is 4.88. The lowest BCUT2D eigenvalue weighted by Crippen LogP contribution is -2.00. The van der Waals surface area contributed by atoms with Gasteiger partial charge in [-0.3, -0.25) is 0 Å². The molecule has 0 saturated carbocycles. The van der Waals surface area contributed by atoms with E-state index in [1.54, 1.807) is 0 Å². The van der Waals surface area contributed by atoms with E-state index in [0.717, 1.165) is 16.7 Å². The zero-order valence-electron chi connectivity index (χ0n) is 9.02. The Kier molecular flexibility index (Phi) is 3.49. The molecule has 0 heterocycles. The molecule has 0 unspecified atom stereocenters. The molecule has 0 radical (unpaired) electrons. The van der Waals surface area contributed by atoms with Gasteiger partial charge in [0, 0.05) is 10.2 Å². The van der Waals surface area contributed by atoms with Gasteiger partial charge in [-0.05, 0) is 31.4 Å². The molecule has 0 nitrogen and oxygen atoms in total. The van der Waals surface area contributed by atoms with Crippen molar-refractivity contribution in [2.24, 2.45) is 0 Å². The summed E-state index contributed by atoms with van der Waals surface area (Å²) in [5.74, 6) is 0. The average Bonchev–Trinajstić information content (AvgIpc) is 2.09. The smallest absolute Gasteiger partial charge is 0.0384 e. The maximum Gasteiger partial charge on any atom is 0.0384 e. The molecule has 1 heteroatoms. The van der Waals surface area contributed by atoms with Crippen molar-refractivity contribution < 1.29 is 0 Å². The maximum absolute atomic E-state index is 2.24. The van der Waals surface area contributed by atoms with Crippen LogP contribution in [0, 0.1) is 0 Å². The molecular formula is C12H18Si. The zero-order chi connectivity index (χ0) is 9.84. The molecule has 0 saturated heterocycles. The summed E-state index contributed by atoms with van der Waals surface area (Å²) in [5, 5.41) is 1.47. The summed E-state index contributed by atoms with van der Waals surface area (Å²) in [6, 6.07) is 8.96. The van der Waals surface area contributed by atoms with Crippen molar-refractivity contribution in [3.05, 3.63) is 35.4 Å². The van der Waals surface area contributed by atoms with Gasteiger partial charge in [0.05, 0.1) is 0 Å². The summed E-state index contributed by atoms with van der Waals surface area (Å²) >= 11 is 0. The second-order valence-electron chi connectivity index (χ2n) is 3.70. The first kappa shape index (κ1) is 10.3. The normalized spacial score (nSPS) is 10.1. The van der Waals surface area contributed by atoms with E-state index in [9.17, 15) is 0 Å². The molecule has 0 aliphatic rings. The Morgan fingerprint density at radius 2 is 1.69 bits per heavy atom. The number of hydrogen-bond donors (Lipinski definition) is 0. The Balaban J connectivity index is 3.07. The van der Waals surface area contributed by atoms with Crippen molar-refractivity contribution >= 4 is 21.0 Å². The molecule has 13 heavy (non-hydrogen) atoms. The molecule has 0 fully saturated rings. The highest BCUT2D eigenvalue weighted by Crippen LogP contribution is 2.20. The van der Waals surface area contributed by atoms with Crippen LogP contribution in [0.15, 0.2) is 29.8 Å². The fourth-order valence-electron chi connectivity index (χ4n) is 1.60. The third-order valence-electron chi connectivity index (χ3n) is 2.36. The van der Waals surface area contributed by atoms with Crippen molar-refractivity contribution in [2.45, 2.75) is 27.2 Å². The molecule has 0 bridgehead atoms. The SMILES string of the molecule is CCC(=C(C)C)c1ccc([SiH3])cc1. The first-order valence-corrected chi connectivity index (χ1v) is 5.88. The van der Waals surface area contributed by atoms with Crippen LogP contribution in [0.4, 0.5) is 0 Å². The fourth-order valence-corrected chi connectivity index (χ4v) is 1.93. The van der Waals surface area contributed by atoms with E-state index in [1.165, 1.54) is 21.9 Å². The van der Waals surface area contributed by atoms with Crippen molar-refractivity contribution in [2.75, 3.05) is 0 Å². The van der Waals surface area contributed by atoms with Crippen LogP contribution in [0.2, 0.25) is 0 Å². The minimum atomic E-state index is 1.13. The summed E-state index contributed by atoms with van der Waals surface area (Å²) in [4.78, 5) is 0. The van der Waals surface area contributed by atoms with E-state index in [0.29, 0.717) is 0 Å². The van der Waals surface area contributed by atoms with Gasteiger partial charge < -0.3 is 0 Å². The maximum atomic E-state index is 2.24. The lowest BCUT2D eigenvalue weighted by Gasteiger charge is -2.07. The van der Waals surface area contributed by atoms with Crippen LogP contribution in [0.3, 0.4) is 0 Å². The van der Waals surface area contributed by atoms with Gasteiger partial charge in [-0.25, -0.2) is 0 Å². The monoisotopic (exact) mass is 190 g/mol. The van der Waals surface area contributed by atoms with Crippen LogP contribution in [0.5, 0.6) is 0 Å². The molecule has 0 aromatic heterocycles. The van der Waals surface area contributed by atoms with Crippen molar-refractivity contribution in [3.63, 3.8) is 0 Å². The second kappa shape index (κ2) is 4.42. The highest BCUT2D eigenvalue weighted by molar-refractivity contribution is 6.32. The molecule has 0 amide bonds. The Hall–Kier alpha value is -0.823. The summed E-state index contributed by atoms with van der Waals surface area (Å²) in [6.45, 7) is 6.60. The number of benzene rings is 1. The van der Waals surface area contributed by atoms with Gasteiger partial charge in [0.25, 0.3) is 0 Å². The van der Waals surface area contributed by atoms with Gasteiger partial charge in [0.2, 0.25) is 0 Å². The molecule has 0 atom stereocenters. The number of hydrogen-bond acceptors (Lipinski definition) is 0. The highest BCUT2D eigenvalue weighted by atomic mass is 28.1. The van der Waals surface area contributed by atoms with Gasteiger partial charge in [-0.1, -0.05) is 41.9 Å². The third kappa shape index (κ3) is 2.56. The Morgan fingerprint density at radius 3 is 2.08 bits per heavy atom. The predicted molar refractivity (Wildman–Crippen MR) is 64.6 cm³/mol. The van der Waals surface area contributed by atoms with E-state index in [1.807, 2.05) is 0 Å². The topological polar surface area (TPSA) is 0 Å². The van der Waals surface area contributed by atoms with Gasteiger partial charge in [0.15, 0.2) is 0 Å². The van der Waals surface area contributed by atoms with Crippen LogP contribution < -0.4 is 5.19 Å². The lowest BCUT2D eigenvalue weighted by atomic mass is 9.99. The van der Waals surface area contributed by atoms with E-state index in [4.69, 9.17) is 0 Å². The van der Waals surface area contributed by atoms with E-state index in [-0.39, 0.29) is 0 Å². The molecule has 0 aliphatic heterocycles. The average molecular weight is 190 g/mol. The molecule has 0 aliphatic carbocycles. The van der Waals surface area contributed by atoms with Crippen molar-refractivity contribution in [1.82, 2.24) is 0 Å². The van der Waals surface area contributed by atoms with Gasteiger partial charge in [0.1, 0.15) is 0 Å². The quantitative estimate of drug-likeness (QED) is 0.625. The van der Waals surface area contributed by atoms with Crippen molar-refractivity contribution in [3.8, 4) is 0 Å². The van der Waals surface area contributed by atoms with E-state index >= 15 is 0 Å². The summed E-state index contributed by atoms with van der Waals surface area (Å²) in [7, 11) is 1.15. The number of allylic oxidation sites excluding steroid dienone is 2. The van der Waals surface area contributed by atoms with Crippen LogP contribution >= 0.6 is 0 Å². The third-order valence-corrected chi connectivity index (χ3v) is 3.02. The van der Waals surface area contributed by atoms with Crippen LogP contribution in [0.25, 0.3) is 5.57 Å².